The van der Waals surface area contributed by atoms with E-state index in [1.807, 2.05) is 0 Å². The van der Waals surface area contributed by atoms with E-state index in [9.17, 15) is 0 Å². The van der Waals surface area contributed by atoms with Crippen LogP contribution < -0.4 is 0 Å². The van der Waals surface area contributed by atoms with E-state index >= 15 is 0 Å². The molecule has 0 spiro atoms. The summed E-state index contributed by atoms with van der Waals surface area (Å²) < 4.78 is 0. The molecule has 0 heterocycles. The van der Waals surface area contributed by atoms with Crippen LogP contribution in [-0.2, 0) is 25.7 Å². The average molecular weight is 317 g/mol. The van der Waals surface area contributed by atoms with E-state index in [1.165, 1.54) is 36.8 Å². The molecule has 0 N–H and O–H groups in total. The maximum atomic E-state index is 2.45. The van der Waals surface area contributed by atoms with Crippen molar-refractivity contribution in [3.63, 3.8) is 0 Å². The topological polar surface area (TPSA) is 0 Å². The number of aryl methyl sites for hydroxylation is 4. The Bertz CT molecular complexity index is 741. The van der Waals surface area contributed by atoms with Crippen molar-refractivity contribution in [1.29, 1.82) is 0 Å². The van der Waals surface area contributed by atoms with E-state index in [0.717, 1.165) is 0 Å². The van der Waals surface area contributed by atoms with Crippen molar-refractivity contribution < 1.29 is 0 Å². The maximum Gasteiger partial charge on any atom is 0.0954 e. The standard InChI is InChI=1S/C22H24Si/c1-23(2,13-11-17-3-5-19-7-9-21(19)15-17)14-12-18-4-6-20-8-10-22(20)16-18/h3-6,11-16H,7-10H2,1-2H3/b13-11+,14-12+. The SMILES string of the molecule is C[Si](C)(/C=C/c1ccc2c(c1)CC2)/C=C/c1ccc2c(c1)CC2. The van der Waals surface area contributed by atoms with Crippen LogP contribution in [0.25, 0.3) is 12.2 Å². The first-order chi connectivity index (χ1) is 11.1. The fraction of sp³-hybridized carbons (Fsp3) is 0.273. The van der Waals surface area contributed by atoms with Gasteiger partial charge in [0.2, 0.25) is 0 Å². The molecule has 0 atom stereocenters. The highest BCUT2D eigenvalue weighted by Gasteiger charge is 2.15. The van der Waals surface area contributed by atoms with Crippen LogP contribution in [0.2, 0.25) is 13.1 Å². The molecule has 116 valence electrons. The first-order valence-electron chi connectivity index (χ1n) is 8.71. The largest absolute Gasteiger partial charge is 0.0954 e. The molecule has 0 radical (unpaired) electrons. The second-order valence-corrected chi connectivity index (χ2v) is 11.9. The fourth-order valence-corrected chi connectivity index (χ4v) is 4.67. The van der Waals surface area contributed by atoms with E-state index in [0.29, 0.717) is 0 Å². The van der Waals surface area contributed by atoms with Crippen LogP contribution in [0.15, 0.2) is 47.8 Å². The minimum Gasteiger partial charge on any atom is -0.0902 e. The molecule has 0 unspecified atom stereocenters. The highest BCUT2D eigenvalue weighted by molar-refractivity contribution is 6.87. The van der Waals surface area contributed by atoms with E-state index < -0.39 is 8.07 Å². The third kappa shape index (κ3) is 3.11. The van der Waals surface area contributed by atoms with Crippen LogP contribution in [-0.4, -0.2) is 8.07 Å². The minimum atomic E-state index is -1.46. The summed E-state index contributed by atoms with van der Waals surface area (Å²) in [6, 6.07) is 13.8. The lowest BCUT2D eigenvalue weighted by atomic mass is 9.87. The zero-order chi connectivity index (χ0) is 15.9. The molecule has 0 aromatic heterocycles. The van der Waals surface area contributed by atoms with Gasteiger partial charge in [-0.05, 0) is 59.1 Å². The molecule has 2 aromatic rings. The van der Waals surface area contributed by atoms with Crippen molar-refractivity contribution in [3.8, 4) is 0 Å². The zero-order valence-electron chi connectivity index (χ0n) is 14.1. The smallest absolute Gasteiger partial charge is 0.0902 e. The third-order valence-electron chi connectivity index (χ3n) is 5.20. The van der Waals surface area contributed by atoms with E-state index in [1.54, 1.807) is 22.3 Å². The summed E-state index contributed by atoms with van der Waals surface area (Å²) in [6.07, 6.45) is 9.71. The Kier molecular flexibility index (Phi) is 3.61. The number of rotatable bonds is 4. The Morgan fingerprint density at radius 2 is 1.09 bits per heavy atom. The summed E-state index contributed by atoms with van der Waals surface area (Å²) in [4.78, 5) is 0. The van der Waals surface area contributed by atoms with Gasteiger partial charge in [-0.1, -0.05) is 73.0 Å². The predicted octanol–water partition coefficient (Wildman–Crippen LogP) is 5.40. The second-order valence-electron chi connectivity index (χ2n) is 7.54. The lowest BCUT2D eigenvalue weighted by Gasteiger charge is -2.19. The van der Waals surface area contributed by atoms with Gasteiger partial charge >= 0.3 is 0 Å². The predicted molar refractivity (Wildman–Crippen MR) is 103 cm³/mol. The minimum absolute atomic E-state index is 1.26. The summed E-state index contributed by atoms with van der Waals surface area (Å²) in [5.74, 6) is 0. The first kappa shape index (κ1) is 14.7. The number of fused-ring (bicyclic) bond motifs is 2. The zero-order valence-corrected chi connectivity index (χ0v) is 15.1. The highest BCUT2D eigenvalue weighted by Crippen LogP contribution is 2.26. The highest BCUT2D eigenvalue weighted by atomic mass is 28.3. The molecule has 0 saturated heterocycles. The molecule has 0 nitrogen and oxygen atoms in total. The van der Waals surface area contributed by atoms with E-state index in [4.69, 9.17) is 0 Å². The molecule has 0 fully saturated rings. The lowest BCUT2D eigenvalue weighted by Crippen LogP contribution is -2.18. The molecule has 0 bridgehead atoms. The van der Waals surface area contributed by atoms with Crippen LogP contribution in [0.1, 0.15) is 33.4 Å². The summed E-state index contributed by atoms with van der Waals surface area (Å²) in [5, 5.41) is 0. The van der Waals surface area contributed by atoms with Gasteiger partial charge < -0.3 is 0 Å². The summed E-state index contributed by atoms with van der Waals surface area (Å²) >= 11 is 0. The van der Waals surface area contributed by atoms with Gasteiger partial charge in [-0.25, -0.2) is 0 Å². The molecule has 2 aliphatic rings. The molecule has 23 heavy (non-hydrogen) atoms. The quantitative estimate of drug-likeness (QED) is 0.663. The Labute approximate surface area is 140 Å². The second kappa shape index (κ2) is 5.65. The molecule has 0 amide bonds. The van der Waals surface area contributed by atoms with Gasteiger partial charge in [0.05, 0.1) is 8.07 Å². The Balaban J connectivity index is 1.47. The first-order valence-corrected chi connectivity index (χ1v) is 11.9. The number of hydrogen-bond donors (Lipinski definition) is 0. The normalized spacial score (nSPS) is 16.1. The Morgan fingerprint density at radius 1 is 0.652 bits per heavy atom. The van der Waals surface area contributed by atoms with Crippen molar-refractivity contribution in [2.24, 2.45) is 0 Å². The van der Waals surface area contributed by atoms with Crippen LogP contribution in [0.4, 0.5) is 0 Å². The average Bonchev–Trinajstić information content (AvgIpc) is 2.47. The number of benzene rings is 2. The van der Waals surface area contributed by atoms with Crippen LogP contribution in [0.5, 0.6) is 0 Å². The van der Waals surface area contributed by atoms with Gasteiger partial charge in [0.1, 0.15) is 0 Å². The Morgan fingerprint density at radius 3 is 1.43 bits per heavy atom. The molecule has 1 heteroatoms. The monoisotopic (exact) mass is 316 g/mol. The van der Waals surface area contributed by atoms with Gasteiger partial charge in [0.15, 0.2) is 0 Å². The van der Waals surface area contributed by atoms with E-state index in [2.05, 4.69) is 73.0 Å². The molecule has 2 aromatic carbocycles. The third-order valence-corrected chi connectivity index (χ3v) is 7.25. The molecular formula is C22H24Si. The fourth-order valence-electron chi connectivity index (χ4n) is 3.31. The molecule has 0 saturated carbocycles. The molecule has 0 aliphatic heterocycles. The Hall–Kier alpha value is -1.86. The lowest BCUT2D eigenvalue weighted by molar-refractivity contribution is 0.839. The maximum absolute atomic E-state index is 2.45. The van der Waals surface area contributed by atoms with E-state index in [-0.39, 0.29) is 0 Å². The molecule has 4 rings (SSSR count). The van der Waals surface area contributed by atoms with Crippen molar-refractivity contribution in [2.45, 2.75) is 38.8 Å². The van der Waals surface area contributed by atoms with Crippen LogP contribution in [0.3, 0.4) is 0 Å². The van der Waals surface area contributed by atoms with Gasteiger partial charge in [0.25, 0.3) is 0 Å². The van der Waals surface area contributed by atoms with Crippen LogP contribution in [0, 0.1) is 0 Å². The van der Waals surface area contributed by atoms with Crippen molar-refractivity contribution in [3.05, 3.63) is 81.2 Å². The summed E-state index contributed by atoms with van der Waals surface area (Å²) in [5.41, 5.74) is 13.8. The molecule has 2 aliphatic carbocycles. The number of hydrogen-bond acceptors (Lipinski definition) is 0. The van der Waals surface area contributed by atoms with Crippen molar-refractivity contribution in [2.75, 3.05) is 0 Å². The van der Waals surface area contributed by atoms with Gasteiger partial charge in [-0.15, -0.1) is 0 Å². The van der Waals surface area contributed by atoms with Crippen molar-refractivity contribution in [1.82, 2.24) is 0 Å². The van der Waals surface area contributed by atoms with Gasteiger partial charge in [-0.2, -0.15) is 0 Å². The van der Waals surface area contributed by atoms with Crippen molar-refractivity contribution >= 4 is 20.2 Å². The van der Waals surface area contributed by atoms with Gasteiger partial charge in [-0.3, -0.25) is 0 Å². The summed E-state index contributed by atoms with van der Waals surface area (Å²) in [6.45, 7) is 4.81. The summed E-state index contributed by atoms with van der Waals surface area (Å²) in [7, 11) is -1.46. The molecular weight excluding hydrogens is 292 g/mol. The van der Waals surface area contributed by atoms with Crippen LogP contribution >= 0.6 is 0 Å². The van der Waals surface area contributed by atoms with Gasteiger partial charge in [0, 0.05) is 0 Å².